The number of halogens is 1. The number of anilines is 1. The predicted octanol–water partition coefficient (Wildman–Crippen LogP) is 6.16. The molecule has 8 atom stereocenters. The van der Waals surface area contributed by atoms with Crippen molar-refractivity contribution in [1.82, 2.24) is 14.5 Å². The number of nitrogens with zero attached hydrogens (tertiary/aromatic N) is 4. The summed E-state index contributed by atoms with van der Waals surface area (Å²) in [5, 5.41) is 4.06. The molecule has 2 bridgehead atoms. The Bertz CT molecular complexity index is 2080. The summed E-state index contributed by atoms with van der Waals surface area (Å²) >= 11 is 6.47. The zero-order chi connectivity index (χ0) is 38.4. The van der Waals surface area contributed by atoms with Gasteiger partial charge in [-0.1, -0.05) is 36.7 Å². The fourth-order valence-electron chi connectivity index (χ4n) is 8.76. The van der Waals surface area contributed by atoms with Gasteiger partial charge in [0.25, 0.3) is 11.8 Å². The Labute approximate surface area is 322 Å². The van der Waals surface area contributed by atoms with E-state index in [0.29, 0.717) is 24.8 Å². The van der Waals surface area contributed by atoms with E-state index in [0.717, 1.165) is 49.4 Å². The predicted molar refractivity (Wildman–Crippen MR) is 208 cm³/mol. The third-order valence-corrected chi connectivity index (χ3v) is 14.7. The average Bonchev–Trinajstić information content (AvgIpc) is 3.47. The second-order valence-corrected chi connectivity index (χ2v) is 18.0. The molecule has 290 valence electrons. The first-order valence-electron chi connectivity index (χ1n) is 18.6. The molecule has 4 aliphatic rings. The topological polar surface area (TPSA) is 134 Å². The van der Waals surface area contributed by atoms with E-state index in [1.54, 1.807) is 40.3 Å². The monoisotopic (exact) mass is 779 g/mol. The van der Waals surface area contributed by atoms with Crippen LogP contribution in [0.25, 0.3) is 0 Å². The summed E-state index contributed by atoms with van der Waals surface area (Å²) in [4.78, 5) is 30.4. The van der Waals surface area contributed by atoms with Crippen LogP contribution in [0.2, 0.25) is 5.02 Å². The van der Waals surface area contributed by atoms with Gasteiger partial charge in [-0.2, -0.15) is 0 Å². The highest BCUT2D eigenvalue weighted by atomic mass is 35.5. The zero-order valence-electron chi connectivity index (χ0n) is 31.7. The fraction of sp³-hybridized carbons (Fsp3) is 0.525. The fourth-order valence-corrected chi connectivity index (χ4v) is 10.8. The van der Waals surface area contributed by atoms with Gasteiger partial charge in [-0.3, -0.25) is 19.0 Å². The number of rotatable bonds is 5. The average molecular weight is 780 g/mol. The molecule has 54 heavy (non-hydrogen) atoms. The summed E-state index contributed by atoms with van der Waals surface area (Å²) in [6.45, 7) is 5.48. The van der Waals surface area contributed by atoms with Crippen molar-refractivity contribution >= 4 is 39.0 Å². The first-order chi connectivity index (χ1) is 25.9. The van der Waals surface area contributed by atoms with Gasteiger partial charge in [0.2, 0.25) is 5.88 Å². The van der Waals surface area contributed by atoms with Crippen molar-refractivity contribution in [1.29, 1.82) is 0 Å². The van der Waals surface area contributed by atoms with E-state index in [1.807, 2.05) is 31.2 Å². The summed E-state index contributed by atoms with van der Waals surface area (Å²) in [7, 11) is 2.57. The highest BCUT2D eigenvalue weighted by Gasteiger charge is 2.45. The number of methoxy groups -OCH3 is 3. The molecule has 7 rings (SSSR count). The second-order valence-electron chi connectivity index (χ2n) is 15.3. The van der Waals surface area contributed by atoms with Gasteiger partial charge in [0.1, 0.15) is 21.2 Å². The van der Waals surface area contributed by atoms with Crippen LogP contribution in [-0.2, 0) is 38.3 Å². The van der Waals surface area contributed by atoms with Crippen molar-refractivity contribution in [2.24, 2.45) is 29.2 Å². The number of amides is 2. The van der Waals surface area contributed by atoms with E-state index < -0.39 is 39.0 Å². The molecule has 1 unspecified atom stereocenters. The first-order valence-corrected chi connectivity index (χ1v) is 20.6. The van der Waals surface area contributed by atoms with Crippen LogP contribution in [0.15, 0.2) is 59.1 Å². The SMILES string of the molecule is COc1nn(C)cc1C(=O)NS1(=O)=NC(=O)c2ccc3c(c2)N(C[C@@H]2CC[C@H]2[C@@H](OC)/C=C\[C@@H](OC)[C@H](C)[C@H]1C)C[C@@]1(CCCc2cc(Cl)ccc21)CO3. The van der Waals surface area contributed by atoms with Crippen molar-refractivity contribution in [2.45, 2.75) is 68.8 Å². The van der Waals surface area contributed by atoms with E-state index in [4.69, 9.17) is 30.5 Å². The Morgan fingerprint density at radius 1 is 1.07 bits per heavy atom. The normalized spacial score (nSPS) is 31.5. The maximum Gasteiger partial charge on any atom is 0.286 e. The standard InChI is InChI=1S/C40H50ClN5O7S/c1-24-25(2)54(49,44-38(48)31-21-45(3)42-39(31)52-6)43-37(47)27-10-14-36-33(19-27)46(20-28-9-12-30(28)35(51-5)16-15-34(24)50-4)22-40(23-53-36)17-7-8-26-18-29(41)11-13-32(26)40/h10-11,13-16,18-19,21,24-25,28,30,34-35H,7-9,12,17,20,22-23H2,1-6H3,(H,43,44,47,48,49)/b16-15-/t24-,25-,28+,30-,34-,35+,40+,54?/m1/s1. The van der Waals surface area contributed by atoms with Crippen molar-refractivity contribution in [3.63, 3.8) is 0 Å². The number of carbonyl (C=O) groups is 2. The summed E-state index contributed by atoms with van der Waals surface area (Å²) in [5.74, 6) is -0.582. The van der Waals surface area contributed by atoms with Crippen molar-refractivity contribution < 1.29 is 32.7 Å². The molecule has 2 amide bonds. The number of ether oxygens (including phenoxy) is 4. The smallest absolute Gasteiger partial charge is 0.286 e. The van der Waals surface area contributed by atoms with Gasteiger partial charge in [0, 0.05) is 62.5 Å². The van der Waals surface area contributed by atoms with Crippen LogP contribution < -0.4 is 19.1 Å². The molecular weight excluding hydrogens is 730 g/mol. The Balaban J connectivity index is 1.35. The van der Waals surface area contributed by atoms with E-state index in [1.165, 1.54) is 29.1 Å². The molecule has 3 heterocycles. The van der Waals surface area contributed by atoms with Gasteiger partial charge in [0.05, 0.1) is 36.9 Å². The van der Waals surface area contributed by atoms with Gasteiger partial charge in [-0.15, -0.1) is 9.46 Å². The molecule has 2 aliphatic carbocycles. The lowest BCUT2D eigenvalue weighted by Crippen LogP contribution is -2.49. The van der Waals surface area contributed by atoms with Crippen molar-refractivity contribution in [3.05, 3.63) is 82.0 Å². The highest BCUT2D eigenvalue weighted by Crippen LogP contribution is 2.47. The van der Waals surface area contributed by atoms with E-state index in [2.05, 4.69) is 31.2 Å². The number of carbonyl (C=O) groups excluding carboxylic acids is 2. The van der Waals surface area contributed by atoms with Gasteiger partial charge >= 0.3 is 0 Å². The molecule has 0 saturated heterocycles. The van der Waals surface area contributed by atoms with E-state index in [-0.39, 0.29) is 34.4 Å². The minimum atomic E-state index is -3.80. The molecule has 12 nitrogen and oxygen atoms in total. The van der Waals surface area contributed by atoms with Crippen LogP contribution in [0.1, 0.15) is 71.4 Å². The Morgan fingerprint density at radius 2 is 1.85 bits per heavy atom. The van der Waals surface area contributed by atoms with Gasteiger partial charge in [0.15, 0.2) is 0 Å². The van der Waals surface area contributed by atoms with Crippen LogP contribution in [0.5, 0.6) is 11.6 Å². The minimum absolute atomic E-state index is 0.0585. The lowest BCUT2D eigenvalue weighted by Gasteiger charge is -2.46. The quantitative estimate of drug-likeness (QED) is 0.303. The van der Waals surface area contributed by atoms with Gasteiger partial charge < -0.3 is 23.8 Å². The van der Waals surface area contributed by atoms with Crippen molar-refractivity contribution in [2.75, 3.05) is 45.9 Å². The lowest BCUT2D eigenvalue weighted by molar-refractivity contribution is 0.0119. The molecule has 1 N–H and O–H groups in total. The molecule has 14 heteroatoms. The molecule has 2 aliphatic heterocycles. The summed E-state index contributed by atoms with van der Waals surface area (Å²) in [6.07, 6.45) is 9.73. The van der Waals surface area contributed by atoms with Crippen LogP contribution >= 0.6 is 11.6 Å². The number of hydrogen-bond acceptors (Lipinski definition) is 9. The minimum Gasteiger partial charge on any atom is -0.490 e. The van der Waals surface area contributed by atoms with Crippen LogP contribution in [0, 0.1) is 17.8 Å². The van der Waals surface area contributed by atoms with Gasteiger partial charge in [-0.05, 0) is 92.3 Å². The number of nitrogens with one attached hydrogen (secondary N) is 1. The molecule has 1 saturated carbocycles. The third kappa shape index (κ3) is 7.15. The summed E-state index contributed by atoms with van der Waals surface area (Å²) in [6, 6.07) is 11.5. The zero-order valence-corrected chi connectivity index (χ0v) is 33.3. The largest absolute Gasteiger partial charge is 0.490 e. The molecule has 1 fully saturated rings. The lowest BCUT2D eigenvalue weighted by atomic mass is 9.68. The Hall–Kier alpha value is -3.91. The first kappa shape index (κ1) is 38.4. The maximum atomic E-state index is 15.1. The third-order valence-electron chi connectivity index (χ3n) is 12.1. The van der Waals surface area contributed by atoms with E-state index in [9.17, 15) is 9.59 Å². The summed E-state index contributed by atoms with van der Waals surface area (Å²) in [5.41, 5.74) is 3.29. The molecular formula is C40H50ClN5O7S. The number of aryl methyl sites for hydroxylation is 2. The Kier molecular flexibility index (Phi) is 10.9. The number of benzene rings is 2. The van der Waals surface area contributed by atoms with E-state index >= 15 is 4.21 Å². The maximum absolute atomic E-state index is 15.1. The van der Waals surface area contributed by atoms with Crippen LogP contribution in [-0.4, -0.2) is 84.3 Å². The van der Waals surface area contributed by atoms with Crippen LogP contribution in [0.4, 0.5) is 5.69 Å². The second kappa shape index (κ2) is 15.3. The molecule has 1 aromatic heterocycles. The molecule has 3 aromatic rings. The number of aromatic nitrogens is 2. The van der Waals surface area contributed by atoms with Crippen molar-refractivity contribution in [3.8, 4) is 11.6 Å². The van der Waals surface area contributed by atoms with Crippen LogP contribution in [0.3, 0.4) is 0 Å². The Morgan fingerprint density at radius 3 is 2.57 bits per heavy atom. The van der Waals surface area contributed by atoms with Gasteiger partial charge in [-0.25, -0.2) is 4.21 Å². The molecule has 2 aromatic carbocycles. The molecule has 0 radical (unpaired) electrons. The number of hydrogen-bond donors (Lipinski definition) is 1. The number of fused-ring (bicyclic) bond motifs is 4. The highest BCUT2D eigenvalue weighted by molar-refractivity contribution is 7.93. The summed E-state index contributed by atoms with van der Waals surface area (Å²) < 4.78 is 47.6. The molecule has 1 spiro atoms.